The highest BCUT2D eigenvalue weighted by molar-refractivity contribution is 5.25. The average molecular weight is 304 g/mol. The van der Waals surface area contributed by atoms with Crippen molar-refractivity contribution in [3.05, 3.63) is 35.4 Å². The van der Waals surface area contributed by atoms with Gasteiger partial charge in [-0.3, -0.25) is 0 Å². The normalized spacial score (nSPS) is 32.4. The molecule has 1 N–H and O–H groups in total. The minimum absolute atomic E-state index is 0.0423. The minimum Gasteiger partial charge on any atom is -0.388 e. The molecule has 116 valence electrons. The zero-order valence-corrected chi connectivity index (χ0v) is 11.0. The molecule has 0 amide bonds. The van der Waals surface area contributed by atoms with Crippen LogP contribution in [0.2, 0.25) is 0 Å². The molecule has 7 heteroatoms. The summed E-state index contributed by atoms with van der Waals surface area (Å²) in [5.74, 6) is 0. The third-order valence-corrected chi connectivity index (χ3v) is 3.70. The van der Waals surface area contributed by atoms with E-state index >= 15 is 0 Å². The van der Waals surface area contributed by atoms with Gasteiger partial charge in [-0.05, 0) is 17.7 Å². The van der Waals surface area contributed by atoms with E-state index in [0.717, 1.165) is 12.1 Å². The fourth-order valence-corrected chi connectivity index (χ4v) is 2.63. The van der Waals surface area contributed by atoms with E-state index < -0.39 is 23.9 Å². The van der Waals surface area contributed by atoms with Gasteiger partial charge in [-0.25, -0.2) is 0 Å². The van der Waals surface area contributed by atoms with E-state index in [1.54, 1.807) is 6.07 Å². The smallest absolute Gasteiger partial charge is 0.388 e. The Kier molecular flexibility index (Phi) is 3.92. The largest absolute Gasteiger partial charge is 0.416 e. The summed E-state index contributed by atoms with van der Waals surface area (Å²) < 4.78 is 54.2. The topological polar surface area (TPSA) is 47.9 Å². The molecule has 0 saturated carbocycles. The van der Waals surface area contributed by atoms with Gasteiger partial charge in [0, 0.05) is 0 Å². The van der Waals surface area contributed by atoms with E-state index in [2.05, 4.69) is 0 Å². The number of hydrogen-bond acceptors (Lipinski definition) is 4. The average Bonchev–Trinajstić information content (AvgIpc) is 3.00. The van der Waals surface area contributed by atoms with Crippen LogP contribution in [0.5, 0.6) is 0 Å². The summed E-state index contributed by atoms with van der Waals surface area (Å²) in [6, 6.07) is 5.02. The molecule has 0 unspecified atom stereocenters. The van der Waals surface area contributed by atoms with Crippen LogP contribution in [0.25, 0.3) is 0 Å². The second-order valence-electron chi connectivity index (χ2n) is 5.21. The van der Waals surface area contributed by atoms with E-state index in [0.29, 0.717) is 5.56 Å². The van der Waals surface area contributed by atoms with Gasteiger partial charge in [-0.2, -0.15) is 13.2 Å². The van der Waals surface area contributed by atoms with Crippen molar-refractivity contribution < 1.29 is 32.5 Å². The Morgan fingerprint density at radius 1 is 1.19 bits per heavy atom. The number of aliphatic hydroxyl groups excluding tert-OH is 1. The number of fused-ring (bicyclic) bond motifs is 1. The number of alkyl halides is 3. The summed E-state index contributed by atoms with van der Waals surface area (Å²) in [7, 11) is 0. The molecule has 4 atom stereocenters. The van der Waals surface area contributed by atoms with Gasteiger partial charge in [0.2, 0.25) is 0 Å². The number of rotatable bonds is 3. The number of benzene rings is 1. The third kappa shape index (κ3) is 3.06. The Morgan fingerprint density at radius 3 is 2.71 bits per heavy atom. The highest BCUT2D eigenvalue weighted by atomic mass is 19.4. The fraction of sp³-hybridized carbons (Fsp3) is 0.571. The van der Waals surface area contributed by atoms with Crippen molar-refractivity contribution in [1.29, 1.82) is 0 Å². The van der Waals surface area contributed by atoms with Crippen molar-refractivity contribution in [1.82, 2.24) is 0 Å². The molecule has 2 aliphatic heterocycles. The molecule has 2 aliphatic rings. The predicted molar refractivity (Wildman–Crippen MR) is 65.5 cm³/mol. The van der Waals surface area contributed by atoms with Crippen molar-refractivity contribution in [2.75, 3.05) is 13.2 Å². The summed E-state index contributed by atoms with van der Waals surface area (Å²) in [5.41, 5.74) is -0.261. The zero-order valence-electron chi connectivity index (χ0n) is 11.0. The van der Waals surface area contributed by atoms with Gasteiger partial charge in [0.25, 0.3) is 0 Å². The van der Waals surface area contributed by atoms with Crippen molar-refractivity contribution in [2.24, 2.45) is 0 Å². The maximum Gasteiger partial charge on any atom is 0.416 e. The molecule has 3 rings (SSSR count). The number of aliphatic hydroxyl groups is 1. The van der Waals surface area contributed by atoms with Crippen LogP contribution in [0.1, 0.15) is 11.1 Å². The van der Waals surface area contributed by atoms with Crippen LogP contribution in [0.15, 0.2) is 24.3 Å². The molecule has 4 nitrogen and oxygen atoms in total. The quantitative estimate of drug-likeness (QED) is 0.924. The summed E-state index contributed by atoms with van der Waals surface area (Å²) in [6.07, 6.45) is -6.17. The van der Waals surface area contributed by atoms with Gasteiger partial charge in [0.15, 0.2) is 0 Å². The van der Waals surface area contributed by atoms with Crippen LogP contribution in [0.4, 0.5) is 13.2 Å². The first kappa shape index (κ1) is 14.8. The lowest BCUT2D eigenvalue weighted by Gasteiger charge is -2.17. The minimum atomic E-state index is -4.36. The van der Waals surface area contributed by atoms with Gasteiger partial charge in [-0.1, -0.05) is 12.1 Å². The van der Waals surface area contributed by atoms with Crippen molar-refractivity contribution in [3.8, 4) is 0 Å². The summed E-state index contributed by atoms with van der Waals surface area (Å²) in [5, 5.41) is 9.60. The maximum atomic E-state index is 12.6. The molecular weight excluding hydrogens is 289 g/mol. The van der Waals surface area contributed by atoms with Crippen LogP contribution in [0.3, 0.4) is 0 Å². The number of ether oxygens (including phenoxy) is 3. The first-order valence-corrected chi connectivity index (χ1v) is 6.64. The van der Waals surface area contributed by atoms with Gasteiger partial charge in [0.1, 0.15) is 24.4 Å². The molecule has 1 aromatic rings. The van der Waals surface area contributed by atoms with Crippen LogP contribution >= 0.6 is 0 Å². The highest BCUT2D eigenvalue weighted by Gasteiger charge is 2.47. The van der Waals surface area contributed by atoms with Crippen LogP contribution in [0, 0.1) is 0 Å². The predicted octanol–water partition coefficient (Wildman–Crippen LogP) is 1.75. The molecule has 2 heterocycles. The van der Waals surface area contributed by atoms with E-state index in [4.69, 9.17) is 14.2 Å². The molecule has 0 aromatic heterocycles. The SMILES string of the molecule is O[C@H]1CO[C@H]2[C@@H]1OC[C@H]2OCc1cccc(C(F)(F)F)c1. The van der Waals surface area contributed by atoms with Gasteiger partial charge >= 0.3 is 6.18 Å². The van der Waals surface area contributed by atoms with E-state index in [-0.39, 0.29) is 32.0 Å². The lowest BCUT2D eigenvalue weighted by atomic mass is 10.1. The Bertz CT molecular complexity index is 505. The molecule has 0 radical (unpaired) electrons. The van der Waals surface area contributed by atoms with E-state index in [1.165, 1.54) is 6.07 Å². The molecule has 2 saturated heterocycles. The second-order valence-corrected chi connectivity index (χ2v) is 5.21. The summed E-state index contributed by atoms with van der Waals surface area (Å²) in [6.45, 7) is 0.505. The molecule has 21 heavy (non-hydrogen) atoms. The molecule has 0 bridgehead atoms. The van der Waals surface area contributed by atoms with Crippen molar-refractivity contribution in [3.63, 3.8) is 0 Å². The van der Waals surface area contributed by atoms with E-state index in [1.807, 2.05) is 0 Å². The van der Waals surface area contributed by atoms with E-state index in [9.17, 15) is 18.3 Å². The highest BCUT2D eigenvalue weighted by Crippen LogP contribution is 2.31. The lowest BCUT2D eigenvalue weighted by molar-refractivity contribution is -0.137. The standard InChI is InChI=1S/C14H15F3O4/c15-14(16,17)9-3-1-2-8(4-9)5-19-11-7-21-12-10(18)6-20-13(11)12/h1-4,10-13,18H,5-7H2/t10-,11+,12+,13+/m0/s1. The van der Waals surface area contributed by atoms with Gasteiger partial charge in [-0.15, -0.1) is 0 Å². The summed E-state index contributed by atoms with van der Waals surface area (Å²) >= 11 is 0. The second kappa shape index (κ2) is 5.57. The monoisotopic (exact) mass is 304 g/mol. The molecule has 1 aromatic carbocycles. The van der Waals surface area contributed by atoms with Gasteiger partial charge < -0.3 is 19.3 Å². The van der Waals surface area contributed by atoms with Crippen LogP contribution in [-0.2, 0) is 27.0 Å². The van der Waals surface area contributed by atoms with Gasteiger partial charge in [0.05, 0.1) is 25.4 Å². The number of halogens is 3. The molecule has 2 fully saturated rings. The van der Waals surface area contributed by atoms with Crippen molar-refractivity contribution >= 4 is 0 Å². The van der Waals surface area contributed by atoms with Crippen LogP contribution < -0.4 is 0 Å². The molecule has 0 aliphatic carbocycles. The Hall–Kier alpha value is -1.15. The Morgan fingerprint density at radius 2 is 1.95 bits per heavy atom. The number of hydrogen-bond donors (Lipinski definition) is 1. The third-order valence-electron chi connectivity index (χ3n) is 3.70. The zero-order chi connectivity index (χ0) is 15.0. The Labute approximate surface area is 119 Å². The first-order valence-electron chi connectivity index (χ1n) is 6.64. The lowest BCUT2D eigenvalue weighted by Crippen LogP contribution is -2.32. The Balaban J connectivity index is 1.61. The molecule has 0 spiro atoms. The first-order chi connectivity index (χ1) is 9.95. The summed E-state index contributed by atoms with van der Waals surface area (Å²) in [4.78, 5) is 0. The maximum absolute atomic E-state index is 12.6. The van der Waals surface area contributed by atoms with Crippen LogP contribution in [-0.4, -0.2) is 42.7 Å². The fourth-order valence-electron chi connectivity index (χ4n) is 2.63. The van der Waals surface area contributed by atoms with Crippen molar-refractivity contribution in [2.45, 2.75) is 37.2 Å². The molecular formula is C14H15F3O4.